The molecular weight excluding hydrogens is 306 g/mol. The molecule has 3 rings (SSSR count). The lowest BCUT2D eigenvalue weighted by molar-refractivity contribution is -0.128. The van der Waals surface area contributed by atoms with Crippen LogP contribution in [-0.2, 0) is 16.1 Å². The third-order valence-corrected chi connectivity index (χ3v) is 4.80. The van der Waals surface area contributed by atoms with Crippen LogP contribution in [0.3, 0.4) is 0 Å². The maximum atomic E-state index is 11.7. The number of rotatable bonds is 7. The van der Waals surface area contributed by atoms with Gasteiger partial charge in [0.15, 0.2) is 0 Å². The first-order valence-corrected chi connectivity index (χ1v) is 8.47. The van der Waals surface area contributed by atoms with Gasteiger partial charge in [-0.1, -0.05) is 0 Å². The van der Waals surface area contributed by atoms with Crippen LogP contribution in [-0.4, -0.2) is 53.8 Å². The molecule has 6 nitrogen and oxygen atoms in total. The van der Waals surface area contributed by atoms with Crippen molar-refractivity contribution in [2.75, 3.05) is 33.4 Å². The van der Waals surface area contributed by atoms with Crippen molar-refractivity contribution in [1.82, 2.24) is 14.5 Å². The van der Waals surface area contributed by atoms with Crippen LogP contribution >= 0.6 is 0 Å². The number of aromatic nitrogens is 2. The van der Waals surface area contributed by atoms with Gasteiger partial charge in [0.1, 0.15) is 12.1 Å². The Hall–Kier alpha value is -2.08. The van der Waals surface area contributed by atoms with Crippen LogP contribution in [0, 0.1) is 13.8 Å². The Morgan fingerprint density at radius 3 is 2.79 bits per heavy atom. The Balaban J connectivity index is 1.81. The minimum atomic E-state index is 0.222. The average molecular weight is 331 g/mol. The molecule has 0 aliphatic carbocycles. The molecule has 0 saturated carbocycles. The summed E-state index contributed by atoms with van der Waals surface area (Å²) in [5, 5.41) is 1.16. The number of aryl methyl sites for hydroxylation is 1. The Kier molecular flexibility index (Phi) is 5.04. The van der Waals surface area contributed by atoms with Gasteiger partial charge in [-0.05, 0) is 31.9 Å². The van der Waals surface area contributed by atoms with Gasteiger partial charge in [0.05, 0.1) is 13.2 Å². The van der Waals surface area contributed by atoms with Gasteiger partial charge in [0.25, 0.3) is 0 Å². The minimum absolute atomic E-state index is 0.222. The first-order valence-electron chi connectivity index (χ1n) is 8.47. The summed E-state index contributed by atoms with van der Waals surface area (Å²) in [5.74, 6) is 0.853. The van der Waals surface area contributed by atoms with Gasteiger partial charge in [-0.2, -0.15) is 0 Å². The molecule has 1 amide bonds. The second kappa shape index (κ2) is 7.21. The summed E-state index contributed by atoms with van der Waals surface area (Å²) < 4.78 is 13.4. The highest BCUT2D eigenvalue weighted by atomic mass is 16.5. The van der Waals surface area contributed by atoms with Crippen LogP contribution in [0.5, 0.6) is 5.88 Å². The van der Waals surface area contributed by atoms with Crippen LogP contribution < -0.4 is 4.74 Å². The lowest BCUT2D eigenvalue weighted by Gasteiger charge is -2.16. The fourth-order valence-corrected chi connectivity index (χ4v) is 3.32. The Bertz CT molecular complexity index is 739. The van der Waals surface area contributed by atoms with Crippen LogP contribution in [0.15, 0.2) is 12.3 Å². The molecule has 1 fully saturated rings. The number of hydrogen-bond acceptors (Lipinski definition) is 4. The Morgan fingerprint density at radius 1 is 1.25 bits per heavy atom. The molecule has 1 aliphatic rings. The topological polar surface area (TPSA) is 56.6 Å². The number of methoxy groups -OCH3 is 1. The Morgan fingerprint density at radius 2 is 2.08 bits per heavy atom. The van der Waals surface area contributed by atoms with Gasteiger partial charge in [-0.3, -0.25) is 4.79 Å². The molecule has 0 bridgehead atoms. The van der Waals surface area contributed by atoms with Crippen LogP contribution in [0.4, 0.5) is 0 Å². The summed E-state index contributed by atoms with van der Waals surface area (Å²) in [6, 6.07) is 2.03. The van der Waals surface area contributed by atoms with Crippen molar-refractivity contribution in [2.45, 2.75) is 33.2 Å². The second-order valence-corrected chi connectivity index (χ2v) is 6.20. The predicted molar refractivity (Wildman–Crippen MR) is 92.4 cm³/mol. The zero-order valence-corrected chi connectivity index (χ0v) is 14.7. The summed E-state index contributed by atoms with van der Waals surface area (Å²) in [4.78, 5) is 18.0. The first kappa shape index (κ1) is 16.8. The lowest BCUT2D eigenvalue weighted by Crippen LogP contribution is -2.29. The number of ether oxygens (including phenoxy) is 2. The number of carbonyl (C=O) groups excluding carboxylic acids is 1. The highest BCUT2D eigenvalue weighted by Crippen LogP contribution is 2.30. The number of fused-ring (bicyclic) bond motifs is 1. The van der Waals surface area contributed by atoms with Crippen molar-refractivity contribution in [2.24, 2.45) is 0 Å². The fraction of sp³-hybridized carbons (Fsp3) is 0.556. The summed E-state index contributed by atoms with van der Waals surface area (Å²) in [6.07, 6.45) is 3.39. The number of likely N-dealkylation sites (tertiary alicyclic amines) is 1. The smallest absolute Gasteiger partial charge is 0.238 e. The summed E-state index contributed by atoms with van der Waals surface area (Å²) in [6.45, 7) is 7.55. The monoisotopic (exact) mass is 331 g/mol. The van der Waals surface area contributed by atoms with Crippen molar-refractivity contribution in [1.29, 1.82) is 0 Å². The van der Waals surface area contributed by atoms with E-state index in [1.54, 1.807) is 13.3 Å². The third kappa shape index (κ3) is 3.11. The van der Waals surface area contributed by atoms with Crippen LogP contribution in [0.25, 0.3) is 10.9 Å². The largest absolute Gasteiger partial charge is 0.474 e. The van der Waals surface area contributed by atoms with Crippen molar-refractivity contribution in [3.63, 3.8) is 0 Å². The van der Waals surface area contributed by atoms with Crippen molar-refractivity contribution < 1.29 is 14.3 Å². The summed E-state index contributed by atoms with van der Waals surface area (Å²) in [5.41, 5.74) is 3.45. The van der Waals surface area contributed by atoms with Gasteiger partial charge < -0.3 is 18.9 Å². The highest BCUT2D eigenvalue weighted by Gasteiger charge is 2.20. The molecule has 2 aromatic rings. The van der Waals surface area contributed by atoms with Crippen molar-refractivity contribution in [3.05, 3.63) is 23.5 Å². The normalized spacial score (nSPS) is 14.8. The van der Waals surface area contributed by atoms with Gasteiger partial charge in [0, 0.05) is 43.9 Å². The highest BCUT2D eigenvalue weighted by molar-refractivity contribution is 5.88. The standard InChI is InChI=1S/C18H25N3O3/c1-13-14(2)21(10-11-23-3)17-15(13)6-7-19-18(17)24-12-9-20-8-4-5-16(20)22/h6-7H,4-5,8-12H2,1-3H3. The maximum absolute atomic E-state index is 11.7. The zero-order chi connectivity index (χ0) is 17.1. The minimum Gasteiger partial charge on any atom is -0.474 e. The Labute approximate surface area is 142 Å². The molecule has 1 aliphatic heterocycles. The van der Waals surface area contributed by atoms with E-state index in [1.165, 1.54) is 11.3 Å². The molecule has 0 spiro atoms. The van der Waals surface area contributed by atoms with Gasteiger partial charge in [-0.15, -0.1) is 0 Å². The first-order chi connectivity index (χ1) is 11.6. The lowest BCUT2D eigenvalue weighted by atomic mass is 10.2. The second-order valence-electron chi connectivity index (χ2n) is 6.20. The molecule has 3 heterocycles. The van der Waals surface area contributed by atoms with E-state index in [4.69, 9.17) is 9.47 Å². The number of amides is 1. The molecule has 0 atom stereocenters. The van der Waals surface area contributed by atoms with E-state index < -0.39 is 0 Å². The number of carbonyl (C=O) groups is 1. The summed E-state index contributed by atoms with van der Waals surface area (Å²) in [7, 11) is 1.70. The van der Waals surface area contributed by atoms with E-state index in [1.807, 2.05) is 11.0 Å². The SMILES string of the molecule is COCCn1c(C)c(C)c2ccnc(OCCN3CCCC3=O)c21. The molecule has 0 unspecified atom stereocenters. The van der Waals surface area contributed by atoms with Crippen LogP contribution in [0.1, 0.15) is 24.1 Å². The predicted octanol–water partition coefficient (Wildman–Crippen LogP) is 2.30. The summed E-state index contributed by atoms with van der Waals surface area (Å²) >= 11 is 0. The van der Waals surface area contributed by atoms with E-state index in [0.717, 1.165) is 30.4 Å². The van der Waals surface area contributed by atoms with E-state index in [0.29, 0.717) is 32.1 Å². The van der Waals surface area contributed by atoms with Crippen molar-refractivity contribution in [3.8, 4) is 5.88 Å². The van der Waals surface area contributed by atoms with Crippen molar-refractivity contribution >= 4 is 16.8 Å². The van der Waals surface area contributed by atoms with Gasteiger partial charge >= 0.3 is 0 Å². The van der Waals surface area contributed by atoms with Gasteiger partial charge in [-0.25, -0.2) is 4.98 Å². The number of pyridine rings is 1. The molecule has 24 heavy (non-hydrogen) atoms. The molecule has 6 heteroatoms. The number of hydrogen-bond donors (Lipinski definition) is 0. The molecule has 130 valence electrons. The molecule has 0 N–H and O–H groups in total. The average Bonchev–Trinajstić information content (AvgIpc) is 3.09. The molecule has 0 radical (unpaired) electrons. The maximum Gasteiger partial charge on any atom is 0.238 e. The van der Waals surface area contributed by atoms with E-state index in [2.05, 4.69) is 23.4 Å². The van der Waals surface area contributed by atoms with E-state index >= 15 is 0 Å². The fourth-order valence-electron chi connectivity index (χ4n) is 3.32. The number of nitrogens with zero attached hydrogens (tertiary/aromatic N) is 3. The third-order valence-electron chi connectivity index (χ3n) is 4.80. The molecular formula is C18H25N3O3. The van der Waals surface area contributed by atoms with Gasteiger partial charge in [0.2, 0.25) is 11.8 Å². The zero-order valence-electron chi connectivity index (χ0n) is 14.7. The van der Waals surface area contributed by atoms with Crippen LogP contribution in [0.2, 0.25) is 0 Å². The van der Waals surface area contributed by atoms with E-state index in [-0.39, 0.29) is 5.91 Å². The quantitative estimate of drug-likeness (QED) is 0.781. The molecule has 2 aromatic heterocycles. The molecule has 0 aromatic carbocycles. The molecule has 1 saturated heterocycles. The van der Waals surface area contributed by atoms with E-state index in [9.17, 15) is 4.79 Å².